The molecule has 2 aromatic rings. The lowest BCUT2D eigenvalue weighted by Crippen LogP contribution is -2.23. The summed E-state index contributed by atoms with van der Waals surface area (Å²) in [4.78, 5) is 26.4. The van der Waals surface area contributed by atoms with Crippen molar-refractivity contribution in [2.75, 3.05) is 18.0 Å². The first-order valence-electron chi connectivity index (χ1n) is 9.72. The number of phenols is 1. The quantitative estimate of drug-likeness (QED) is 0.689. The molecule has 0 radical (unpaired) electrons. The van der Waals surface area contributed by atoms with Gasteiger partial charge in [-0.1, -0.05) is 12.1 Å². The van der Waals surface area contributed by atoms with Crippen LogP contribution in [0.3, 0.4) is 0 Å². The third kappa shape index (κ3) is 6.24. The predicted molar refractivity (Wildman–Crippen MR) is 112 cm³/mol. The fraction of sp³-hybridized carbons (Fsp3) is 0.391. The lowest BCUT2D eigenvalue weighted by Gasteiger charge is -2.21. The van der Waals surface area contributed by atoms with E-state index < -0.39 is 17.5 Å². The van der Waals surface area contributed by atoms with Crippen LogP contribution in [0.1, 0.15) is 60.9 Å². The van der Waals surface area contributed by atoms with Crippen LogP contribution in [0, 0.1) is 0 Å². The topological polar surface area (TPSA) is 76.1 Å². The molecule has 0 spiro atoms. The van der Waals surface area contributed by atoms with Crippen molar-refractivity contribution in [3.8, 4) is 5.75 Å². The van der Waals surface area contributed by atoms with Crippen molar-refractivity contribution in [1.29, 1.82) is 0 Å². The van der Waals surface area contributed by atoms with Crippen LogP contribution in [-0.2, 0) is 16.1 Å². The summed E-state index contributed by atoms with van der Waals surface area (Å²) in [5.41, 5.74) is 1.56. The Labute approximate surface area is 172 Å². The van der Waals surface area contributed by atoms with Crippen LogP contribution in [0.25, 0.3) is 0 Å². The molecule has 0 aromatic heterocycles. The number of ether oxygens (including phenoxy) is 2. The summed E-state index contributed by atoms with van der Waals surface area (Å²) in [6.45, 7) is 11.1. The minimum Gasteiger partial charge on any atom is -0.507 e. The van der Waals surface area contributed by atoms with Gasteiger partial charge in [0.2, 0.25) is 0 Å². The monoisotopic (exact) mass is 399 g/mol. The lowest BCUT2D eigenvalue weighted by atomic mass is 10.1. The molecule has 0 atom stereocenters. The Morgan fingerprint density at radius 3 is 2.10 bits per heavy atom. The number of benzene rings is 2. The number of phenolic OH excluding ortho intramolecular Hbond substituents is 1. The fourth-order valence-corrected chi connectivity index (χ4v) is 2.78. The smallest absolute Gasteiger partial charge is 0.342 e. The number of anilines is 1. The highest BCUT2D eigenvalue weighted by molar-refractivity contribution is 5.93. The van der Waals surface area contributed by atoms with Crippen LogP contribution in [0.15, 0.2) is 42.5 Å². The van der Waals surface area contributed by atoms with Gasteiger partial charge in [0.05, 0.1) is 5.56 Å². The molecular formula is C23H29NO5. The van der Waals surface area contributed by atoms with Gasteiger partial charge in [-0.3, -0.25) is 0 Å². The molecule has 29 heavy (non-hydrogen) atoms. The van der Waals surface area contributed by atoms with Gasteiger partial charge in [-0.2, -0.15) is 0 Å². The highest BCUT2D eigenvalue weighted by Gasteiger charge is 2.18. The summed E-state index contributed by atoms with van der Waals surface area (Å²) in [5, 5.41) is 10.2. The Morgan fingerprint density at radius 1 is 0.966 bits per heavy atom. The highest BCUT2D eigenvalue weighted by Crippen LogP contribution is 2.25. The van der Waals surface area contributed by atoms with Gasteiger partial charge in [0, 0.05) is 24.8 Å². The molecule has 2 rings (SSSR count). The summed E-state index contributed by atoms with van der Waals surface area (Å²) < 4.78 is 10.6. The van der Waals surface area contributed by atoms with E-state index in [0.29, 0.717) is 5.56 Å². The molecule has 0 aliphatic rings. The second kappa shape index (κ2) is 9.45. The Kier molecular flexibility index (Phi) is 7.26. The molecule has 0 heterocycles. The highest BCUT2D eigenvalue weighted by atomic mass is 16.6. The number of hydrogen-bond donors (Lipinski definition) is 1. The zero-order chi connectivity index (χ0) is 21.6. The maximum absolute atomic E-state index is 12.3. The van der Waals surface area contributed by atoms with Gasteiger partial charge in [-0.15, -0.1) is 0 Å². The number of hydrogen-bond acceptors (Lipinski definition) is 6. The maximum Gasteiger partial charge on any atom is 0.342 e. The molecule has 0 bridgehead atoms. The van der Waals surface area contributed by atoms with Gasteiger partial charge in [0.15, 0.2) is 0 Å². The van der Waals surface area contributed by atoms with E-state index >= 15 is 0 Å². The maximum atomic E-state index is 12.3. The summed E-state index contributed by atoms with van der Waals surface area (Å²) in [6.07, 6.45) is 0. The zero-order valence-electron chi connectivity index (χ0n) is 17.7. The van der Waals surface area contributed by atoms with Gasteiger partial charge in [0.1, 0.15) is 23.5 Å². The van der Waals surface area contributed by atoms with Crippen LogP contribution in [0.2, 0.25) is 0 Å². The van der Waals surface area contributed by atoms with E-state index in [1.807, 2.05) is 34.6 Å². The Morgan fingerprint density at radius 2 is 1.59 bits per heavy atom. The van der Waals surface area contributed by atoms with E-state index in [4.69, 9.17) is 9.47 Å². The number of carbonyl (C=O) groups is 2. The molecule has 0 aliphatic carbocycles. The van der Waals surface area contributed by atoms with Crippen molar-refractivity contribution >= 4 is 17.6 Å². The molecule has 6 heteroatoms. The summed E-state index contributed by atoms with van der Waals surface area (Å²) in [7, 11) is 0. The van der Waals surface area contributed by atoms with E-state index in [1.54, 1.807) is 42.5 Å². The van der Waals surface area contributed by atoms with Gasteiger partial charge in [-0.25, -0.2) is 9.59 Å². The predicted octanol–water partition coefficient (Wildman–Crippen LogP) is 4.55. The average Bonchev–Trinajstić information content (AvgIpc) is 2.66. The normalized spacial score (nSPS) is 11.1. The van der Waals surface area contributed by atoms with Crippen molar-refractivity contribution in [3.63, 3.8) is 0 Å². The third-order valence-corrected chi connectivity index (χ3v) is 4.29. The van der Waals surface area contributed by atoms with E-state index in [9.17, 15) is 14.7 Å². The zero-order valence-corrected chi connectivity index (χ0v) is 17.7. The molecule has 0 amide bonds. The van der Waals surface area contributed by atoms with E-state index in [2.05, 4.69) is 4.90 Å². The lowest BCUT2D eigenvalue weighted by molar-refractivity contribution is 0.00689. The van der Waals surface area contributed by atoms with Crippen LogP contribution in [-0.4, -0.2) is 35.7 Å². The summed E-state index contributed by atoms with van der Waals surface area (Å²) in [5.74, 6) is -1.12. The SMILES string of the molecule is CCN(CC)c1ccc(C(=O)OCc2ccc(C(=O)OC(C)(C)C)cc2)c(O)c1. The van der Waals surface area contributed by atoms with Crippen molar-refractivity contribution in [1.82, 2.24) is 0 Å². The minimum atomic E-state index is -0.607. The summed E-state index contributed by atoms with van der Waals surface area (Å²) in [6, 6.07) is 11.6. The summed E-state index contributed by atoms with van der Waals surface area (Å²) >= 11 is 0. The minimum absolute atomic E-state index is 0.0324. The second-order valence-electron chi connectivity index (χ2n) is 7.65. The van der Waals surface area contributed by atoms with Crippen LogP contribution in [0.5, 0.6) is 5.75 Å². The van der Waals surface area contributed by atoms with Crippen LogP contribution in [0.4, 0.5) is 5.69 Å². The fourth-order valence-electron chi connectivity index (χ4n) is 2.78. The van der Waals surface area contributed by atoms with Crippen molar-refractivity contribution < 1.29 is 24.2 Å². The largest absolute Gasteiger partial charge is 0.507 e. The molecule has 1 N–H and O–H groups in total. The average molecular weight is 399 g/mol. The second-order valence-corrected chi connectivity index (χ2v) is 7.65. The first-order valence-corrected chi connectivity index (χ1v) is 9.72. The number of esters is 2. The van der Waals surface area contributed by atoms with E-state index in [0.717, 1.165) is 24.3 Å². The molecule has 156 valence electrons. The third-order valence-electron chi connectivity index (χ3n) is 4.29. The number of nitrogens with zero attached hydrogens (tertiary/aromatic N) is 1. The first-order chi connectivity index (χ1) is 13.6. The molecule has 0 saturated heterocycles. The Bertz CT molecular complexity index is 849. The van der Waals surface area contributed by atoms with Gasteiger partial charge in [0.25, 0.3) is 0 Å². The first kappa shape index (κ1) is 22.3. The van der Waals surface area contributed by atoms with Crippen LogP contribution < -0.4 is 4.90 Å². The van der Waals surface area contributed by atoms with Crippen molar-refractivity contribution in [2.24, 2.45) is 0 Å². The molecule has 0 unspecified atom stereocenters. The van der Waals surface area contributed by atoms with Gasteiger partial charge in [-0.05, 0) is 64.4 Å². The van der Waals surface area contributed by atoms with Gasteiger partial charge < -0.3 is 19.5 Å². The molecule has 2 aromatic carbocycles. The van der Waals surface area contributed by atoms with Crippen LogP contribution >= 0.6 is 0 Å². The molecular weight excluding hydrogens is 370 g/mol. The van der Waals surface area contributed by atoms with Gasteiger partial charge >= 0.3 is 11.9 Å². The molecule has 0 fully saturated rings. The molecule has 0 aliphatic heterocycles. The van der Waals surface area contributed by atoms with E-state index in [1.165, 1.54) is 0 Å². The Balaban J connectivity index is 1.99. The number of rotatable bonds is 7. The standard InChI is InChI=1S/C23H29NO5/c1-6-24(7-2)18-12-13-19(20(25)14-18)22(27)28-15-16-8-10-17(11-9-16)21(26)29-23(3,4)5/h8-14,25H,6-7,15H2,1-5H3. The number of aromatic hydroxyl groups is 1. The van der Waals surface area contributed by atoms with Crippen molar-refractivity contribution in [2.45, 2.75) is 46.8 Å². The molecule has 0 saturated carbocycles. The van der Waals surface area contributed by atoms with E-state index in [-0.39, 0.29) is 17.9 Å². The molecule has 6 nitrogen and oxygen atoms in total. The van der Waals surface area contributed by atoms with Crippen molar-refractivity contribution in [3.05, 3.63) is 59.2 Å². The number of carbonyl (C=O) groups excluding carboxylic acids is 2. The Hall–Kier alpha value is -3.02.